The van der Waals surface area contributed by atoms with Gasteiger partial charge in [-0.15, -0.1) is 0 Å². The van der Waals surface area contributed by atoms with Crippen molar-refractivity contribution in [3.63, 3.8) is 0 Å². The molecule has 1 heterocycles. The fraction of sp³-hybridized carbons (Fsp3) is 0.905. The van der Waals surface area contributed by atoms with Crippen LogP contribution in [0.5, 0.6) is 0 Å². The molecule has 0 aromatic heterocycles. The second-order valence-electron chi connectivity index (χ2n) is 9.09. The minimum Gasteiger partial charge on any atom is -0.443 e. The molecule has 1 saturated heterocycles. The number of ether oxygens (including phenoxy) is 1. The highest BCUT2D eigenvalue weighted by Crippen LogP contribution is 2.34. The molecule has 0 N–H and O–H groups in total. The Balaban J connectivity index is 3.08. The van der Waals surface area contributed by atoms with E-state index in [1.807, 2.05) is 0 Å². The SMILES string of the molecule is CC[Si](CC)(CC)OC[C@H]1[C@@H](O[Si](CC)(CC)CC)C(=O)N1C(=O)OC(C)(C)C. The second-order valence-corrected chi connectivity index (χ2v) is 18.6. The van der Waals surface area contributed by atoms with Gasteiger partial charge in [0.05, 0.1) is 12.6 Å². The van der Waals surface area contributed by atoms with Crippen molar-refractivity contribution in [3.8, 4) is 0 Å². The summed E-state index contributed by atoms with van der Waals surface area (Å²) in [6.07, 6.45) is -1.18. The van der Waals surface area contributed by atoms with Gasteiger partial charge < -0.3 is 13.6 Å². The van der Waals surface area contributed by atoms with Gasteiger partial charge in [-0.05, 0) is 57.0 Å². The van der Waals surface area contributed by atoms with E-state index in [0.29, 0.717) is 6.61 Å². The van der Waals surface area contributed by atoms with Gasteiger partial charge in [0.1, 0.15) is 11.7 Å². The highest BCUT2D eigenvalue weighted by molar-refractivity contribution is 6.74. The highest BCUT2D eigenvalue weighted by atomic mass is 28.4. The van der Waals surface area contributed by atoms with E-state index in [2.05, 4.69) is 41.5 Å². The van der Waals surface area contributed by atoms with E-state index in [0.717, 1.165) is 36.3 Å². The van der Waals surface area contributed by atoms with Crippen LogP contribution in [-0.2, 0) is 18.4 Å². The molecule has 29 heavy (non-hydrogen) atoms. The molecule has 6 nitrogen and oxygen atoms in total. The van der Waals surface area contributed by atoms with Crippen LogP contribution < -0.4 is 0 Å². The number of likely N-dealkylation sites (tertiary alicyclic amines) is 1. The maximum absolute atomic E-state index is 12.9. The van der Waals surface area contributed by atoms with Crippen LogP contribution in [0.2, 0.25) is 36.3 Å². The molecule has 0 aromatic carbocycles. The summed E-state index contributed by atoms with van der Waals surface area (Å²) in [6.45, 7) is 18.7. The zero-order chi connectivity index (χ0) is 22.5. The second kappa shape index (κ2) is 10.5. The Morgan fingerprint density at radius 2 is 1.34 bits per heavy atom. The Kier molecular flexibility index (Phi) is 9.58. The van der Waals surface area contributed by atoms with Crippen LogP contribution in [0.4, 0.5) is 4.79 Å². The Labute approximate surface area is 179 Å². The molecule has 0 unspecified atom stereocenters. The third-order valence-corrected chi connectivity index (χ3v) is 15.8. The summed E-state index contributed by atoms with van der Waals surface area (Å²) in [4.78, 5) is 26.9. The van der Waals surface area contributed by atoms with Crippen LogP contribution in [0.25, 0.3) is 0 Å². The van der Waals surface area contributed by atoms with Crippen molar-refractivity contribution in [2.24, 2.45) is 0 Å². The average molecular weight is 446 g/mol. The summed E-state index contributed by atoms with van der Waals surface area (Å²) >= 11 is 0. The van der Waals surface area contributed by atoms with E-state index in [1.54, 1.807) is 20.8 Å². The van der Waals surface area contributed by atoms with Gasteiger partial charge in [0.15, 0.2) is 16.6 Å². The highest BCUT2D eigenvalue weighted by Gasteiger charge is 2.55. The topological polar surface area (TPSA) is 65.1 Å². The molecule has 1 rings (SSSR count). The molecule has 0 aliphatic carbocycles. The number of hydrogen-bond donors (Lipinski definition) is 0. The van der Waals surface area contributed by atoms with Crippen molar-refractivity contribution < 1.29 is 23.2 Å². The van der Waals surface area contributed by atoms with Crippen LogP contribution in [0.15, 0.2) is 0 Å². The van der Waals surface area contributed by atoms with Crippen molar-refractivity contribution in [1.29, 1.82) is 0 Å². The lowest BCUT2D eigenvalue weighted by molar-refractivity contribution is -0.164. The standard InChI is InChI=1S/C21H43NO5Si2/c1-10-28(11-2,12-3)25-16-17-18(27-29(13-4,14-5)15-6)19(23)22(17)20(24)26-21(7,8)9/h17-18H,10-16H2,1-9H3/t17-,18+/m0/s1. The number of hydrogen-bond acceptors (Lipinski definition) is 5. The van der Waals surface area contributed by atoms with Crippen LogP contribution in [-0.4, -0.2) is 57.9 Å². The normalized spacial score (nSPS) is 20.6. The Bertz CT molecular complexity index is 539. The van der Waals surface area contributed by atoms with Crippen LogP contribution in [0.1, 0.15) is 62.3 Å². The number of carbonyl (C=O) groups is 2. The maximum atomic E-state index is 12.9. The first kappa shape index (κ1) is 26.3. The summed E-state index contributed by atoms with van der Waals surface area (Å²) in [5.74, 6) is -0.281. The van der Waals surface area contributed by atoms with Crippen LogP contribution in [0, 0.1) is 0 Å². The quantitative estimate of drug-likeness (QED) is 0.308. The molecule has 0 spiro atoms. The molecule has 1 fully saturated rings. The van der Waals surface area contributed by atoms with Crippen LogP contribution >= 0.6 is 0 Å². The van der Waals surface area contributed by atoms with E-state index in [1.165, 1.54) is 4.90 Å². The smallest absolute Gasteiger partial charge is 0.417 e. The van der Waals surface area contributed by atoms with Gasteiger partial charge in [-0.2, -0.15) is 0 Å². The zero-order valence-electron chi connectivity index (χ0n) is 20.1. The van der Waals surface area contributed by atoms with Crippen molar-refractivity contribution >= 4 is 28.6 Å². The molecule has 0 aromatic rings. The molecule has 2 amide bonds. The number of imide groups is 1. The van der Waals surface area contributed by atoms with Gasteiger partial charge in [0.25, 0.3) is 5.91 Å². The summed E-state index contributed by atoms with van der Waals surface area (Å²) in [7, 11) is -3.83. The summed E-state index contributed by atoms with van der Waals surface area (Å²) < 4.78 is 18.4. The first-order valence-electron chi connectivity index (χ1n) is 11.3. The monoisotopic (exact) mass is 445 g/mol. The molecule has 170 valence electrons. The molecule has 0 bridgehead atoms. The molecule has 2 atom stereocenters. The number of carbonyl (C=O) groups excluding carboxylic acids is 2. The fourth-order valence-electron chi connectivity index (χ4n) is 3.93. The number of nitrogens with zero attached hydrogens (tertiary/aromatic N) is 1. The van der Waals surface area contributed by atoms with Gasteiger partial charge in [-0.1, -0.05) is 41.5 Å². The van der Waals surface area contributed by atoms with E-state index in [9.17, 15) is 9.59 Å². The predicted octanol–water partition coefficient (Wildman–Crippen LogP) is 5.54. The molecule has 1 aliphatic rings. The Hall–Kier alpha value is -0.706. The number of β-lactam (4-membered cyclic amide) rings is 1. The van der Waals surface area contributed by atoms with Gasteiger partial charge >= 0.3 is 6.09 Å². The first-order chi connectivity index (χ1) is 13.5. The van der Waals surface area contributed by atoms with Crippen molar-refractivity contribution in [2.45, 2.75) is 116 Å². The van der Waals surface area contributed by atoms with Gasteiger partial charge in [-0.3, -0.25) is 4.79 Å². The van der Waals surface area contributed by atoms with Crippen molar-refractivity contribution in [2.75, 3.05) is 6.61 Å². The fourth-order valence-corrected chi connectivity index (χ4v) is 9.37. The van der Waals surface area contributed by atoms with E-state index in [4.69, 9.17) is 13.6 Å². The molecular formula is C21H43NO5Si2. The zero-order valence-corrected chi connectivity index (χ0v) is 22.1. The maximum Gasteiger partial charge on any atom is 0.417 e. The molecule has 8 heteroatoms. The predicted molar refractivity (Wildman–Crippen MR) is 122 cm³/mol. The molecule has 1 aliphatic heterocycles. The Morgan fingerprint density at radius 1 is 0.897 bits per heavy atom. The van der Waals surface area contributed by atoms with E-state index < -0.39 is 40.5 Å². The van der Waals surface area contributed by atoms with Gasteiger partial charge in [-0.25, -0.2) is 9.69 Å². The largest absolute Gasteiger partial charge is 0.443 e. The molecule has 0 saturated carbocycles. The molecule has 0 radical (unpaired) electrons. The lowest BCUT2D eigenvalue weighted by atomic mass is 10.00. The number of rotatable bonds is 11. The van der Waals surface area contributed by atoms with E-state index in [-0.39, 0.29) is 5.91 Å². The van der Waals surface area contributed by atoms with Crippen molar-refractivity contribution in [3.05, 3.63) is 0 Å². The number of amides is 2. The third kappa shape index (κ3) is 6.15. The summed E-state index contributed by atoms with van der Waals surface area (Å²) in [5.41, 5.74) is -0.655. The van der Waals surface area contributed by atoms with Crippen molar-refractivity contribution in [1.82, 2.24) is 4.90 Å². The van der Waals surface area contributed by atoms with Gasteiger partial charge in [0.2, 0.25) is 0 Å². The minimum atomic E-state index is -1.99. The lowest BCUT2D eigenvalue weighted by Crippen LogP contribution is -2.71. The minimum absolute atomic E-state index is 0.281. The Morgan fingerprint density at radius 3 is 1.72 bits per heavy atom. The average Bonchev–Trinajstić information content (AvgIpc) is 2.68. The lowest BCUT2D eigenvalue weighted by Gasteiger charge is -2.49. The summed E-state index contributed by atoms with van der Waals surface area (Å²) in [6, 6.07) is 5.55. The third-order valence-electron chi connectivity index (χ3n) is 6.56. The van der Waals surface area contributed by atoms with E-state index >= 15 is 0 Å². The first-order valence-corrected chi connectivity index (χ1v) is 16.4. The molecular weight excluding hydrogens is 402 g/mol. The van der Waals surface area contributed by atoms with Crippen LogP contribution in [0.3, 0.4) is 0 Å². The summed E-state index contributed by atoms with van der Waals surface area (Å²) in [5, 5.41) is 0. The van der Waals surface area contributed by atoms with Gasteiger partial charge in [0, 0.05) is 0 Å².